The van der Waals surface area contributed by atoms with Crippen molar-refractivity contribution in [1.82, 2.24) is 20.5 Å². The van der Waals surface area contributed by atoms with Crippen LogP contribution in [0.1, 0.15) is 12.8 Å². The normalized spacial score (nSPS) is 18.6. The summed E-state index contributed by atoms with van der Waals surface area (Å²) in [6.07, 6.45) is 3.80. The monoisotopic (exact) mass is 381 g/mol. The summed E-state index contributed by atoms with van der Waals surface area (Å²) in [6, 6.07) is 3.83. The van der Waals surface area contributed by atoms with Crippen molar-refractivity contribution in [3.8, 4) is 0 Å². The number of carbonyl (C=O) groups is 2. The van der Waals surface area contributed by atoms with Crippen LogP contribution < -0.4 is 15.5 Å². The van der Waals surface area contributed by atoms with Gasteiger partial charge in [-0.1, -0.05) is 0 Å². The number of aromatic nitrogens is 1. The fourth-order valence-corrected chi connectivity index (χ4v) is 2.74. The lowest BCUT2D eigenvalue weighted by atomic mass is 10.3. The number of urea groups is 1. The van der Waals surface area contributed by atoms with Crippen LogP contribution in [0.2, 0.25) is 0 Å². The van der Waals surface area contributed by atoms with Gasteiger partial charge in [0.05, 0.1) is 6.54 Å². The van der Waals surface area contributed by atoms with Crippen molar-refractivity contribution in [3.63, 3.8) is 0 Å². The minimum absolute atomic E-state index is 0.250. The number of anilines is 1. The third kappa shape index (κ3) is 4.90. The topological polar surface area (TPSA) is 77.6 Å². The van der Waals surface area contributed by atoms with E-state index in [2.05, 4.69) is 41.3 Å². The second-order valence-electron chi connectivity index (χ2n) is 5.89. The number of nitrogens with one attached hydrogen (secondary N) is 2. The lowest BCUT2D eigenvalue weighted by Crippen LogP contribution is -2.51. The van der Waals surface area contributed by atoms with Gasteiger partial charge in [0, 0.05) is 42.9 Å². The maximum Gasteiger partial charge on any atom is 0.321 e. The Kier molecular flexibility index (Phi) is 5.12. The molecule has 124 valence electrons. The summed E-state index contributed by atoms with van der Waals surface area (Å²) in [5.74, 6) is 0.694. The quantitative estimate of drug-likeness (QED) is 0.811. The van der Waals surface area contributed by atoms with Crippen LogP contribution in [0.5, 0.6) is 0 Å². The summed E-state index contributed by atoms with van der Waals surface area (Å²) in [5, 5.41) is 5.13. The number of hydrogen-bond donors (Lipinski definition) is 2. The first-order chi connectivity index (χ1) is 11.1. The van der Waals surface area contributed by atoms with Gasteiger partial charge in [-0.2, -0.15) is 0 Å². The Balaban J connectivity index is 1.40. The molecule has 0 aromatic carbocycles. The number of imide groups is 1. The van der Waals surface area contributed by atoms with Crippen LogP contribution in [0.4, 0.5) is 10.6 Å². The molecule has 0 atom stereocenters. The highest BCUT2D eigenvalue weighted by Crippen LogP contribution is 2.18. The number of piperazine rings is 1. The van der Waals surface area contributed by atoms with E-state index in [0.717, 1.165) is 49.3 Å². The zero-order chi connectivity index (χ0) is 16.2. The Hall–Kier alpha value is -1.67. The van der Waals surface area contributed by atoms with E-state index in [4.69, 9.17) is 0 Å². The highest BCUT2D eigenvalue weighted by atomic mass is 79.9. The van der Waals surface area contributed by atoms with E-state index in [0.29, 0.717) is 0 Å². The standard InChI is InChI=1S/C15H20BrN5O2/c16-11-1-4-13(17-9-11)21-7-5-20(6-8-21)10-14(22)19-15(23)18-12-2-3-12/h1,4,9,12H,2-3,5-8,10H2,(H2,18,19,22,23). The summed E-state index contributed by atoms with van der Waals surface area (Å²) >= 11 is 3.38. The number of carbonyl (C=O) groups excluding carboxylic acids is 2. The van der Waals surface area contributed by atoms with Gasteiger partial charge in [0.25, 0.3) is 0 Å². The molecule has 2 heterocycles. The van der Waals surface area contributed by atoms with Crippen molar-refractivity contribution in [1.29, 1.82) is 0 Å². The van der Waals surface area contributed by atoms with Crippen LogP contribution in [-0.2, 0) is 4.79 Å². The van der Waals surface area contributed by atoms with Gasteiger partial charge in [-0.05, 0) is 40.9 Å². The second-order valence-corrected chi connectivity index (χ2v) is 6.81. The lowest BCUT2D eigenvalue weighted by Gasteiger charge is -2.34. The largest absolute Gasteiger partial charge is 0.354 e. The molecule has 8 heteroatoms. The number of halogens is 1. The molecule has 0 bridgehead atoms. The number of hydrogen-bond acceptors (Lipinski definition) is 5. The Morgan fingerprint density at radius 1 is 1.22 bits per heavy atom. The molecular formula is C15H20BrN5O2. The fraction of sp³-hybridized carbons (Fsp3) is 0.533. The van der Waals surface area contributed by atoms with Gasteiger partial charge in [0.1, 0.15) is 5.82 Å². The Morgan fingerprint density at radius 3 is 2.57 bits per heavy atom. The van der Waals surface area contributed by atoms with E-state index in [1.165, 1.54) is 0 Å². The van der Waals surface area contributed by atoms with Gasteiger partial charge in [-0.15, -0.1) is 0 Å². The van der Waals surface area contributed by atoms with Gasteiger partial charge < -0.3 is 10.2 Å². The lowest BCUT2D eigenvalue weighted by molar-refractivity contribution is -0.121. The van der Waals surface area contributed by atoms with Crippen LogP contribution in [0.15, 0.2) is 22.8 Å². The maximum absolute atomic E-state index is 11.9. The Labute approximate surface area is 143 Å². The summed E-state index contributed by atoms with van der Waals surface area (Å²) in [7, 11) is 0. The highest BCUT2D eigenvalue weighted by molar-refractivity contribution is 9.10. The second kappa shape index (κ2) is 7.27. The first kappa shape index (κ1) is 16.2. The third-order valence-electron chi connectivity index (χ3n) is 3.94. The van der Waals surface area contributed by atoms with E-state index in [1.54, 1.807) is 6.20 Å². The van der Waals surface area contributed by atoms with Crippen LogP contribution in [-0.4, -0.2) is 60.6 Å². The summed E-state index contributed by atoms with van der Waals surface area (Å²) < 4.78 is 0.959. The molecule has 1 aliphatic carbocycles. The molecule has 0 radical (unpaired) electrons. The van der Waals surface area contributed by atoms with Crippen LogP contribution in [0, 0.1) is 0 Å². The molecular weight excluding hydrogens is 362 g/mol. The maximum atomic E-state index is 11.9. The number of amides is 3. The zero-order valence-corrected chi connectivity index (χ0v) is 14.4. The van der Waals surface area contributed by atoms with Crippen LogP contribution >= 0.6 is 15.9 Å². The predicted octanol–water partition coefficient (Wildman–Crippen LogP) is 0.954. The number of rotatable bonds is 4. The van der Waals surface area contributed by atoms with Crippen molar-refractivity contribution < 1.29 is 9.59 Å². The summed E-state index contributed by atoms with van der Waals surface area (Å²) in [6.45, 7) is 3.43. The molecule has 1 saturated heterocycles. The molecule has 1 aliphatic heterocycles. The molecule has 3 amide bonds. The van der Waals surface area contributed by atoms with E-state index >= 15 is 0 Å². The Bertz CT molecular complexity index is 568. The summed E-state index contributed by atoms with van der Waals surface area (Å²) in [4.78, 5) is 32.0. The SMILES string of the molecule is O=C(CN1CCN(c2ccc(Br)cn2)CC1)NC(=O)NC1CC1. The van der Waals surface area contributed by atoms with E-state index < -0.39 is 0 Å². The van der Waals surface area contributed by atoms with Crippen molar-refractivity contribution in [2.75, 3.05) is 37.6 Å². The molecule has 1 aromatic heterocycles. The smallest absolute Gasteiger partial charge is 0.321 e. The molecule has 0 spiro atoms. The summed E-state index contributed by atoms with van der Waals surface area (Å²) in [5.41, 5.74) is 0. The molecule has 2 aliphatic rings. The molecule has 2 N–H and O–H groups in total. The molecule has 2 fully saturated rings. The number of pyridine rings is 1. The molecule has 7 nitrogen and oxygen atoms in total. The first-order valence-electron chi connectivity index (χ1n) is 7.79. The molecule has 3 rings (SSSR count). The number of nitrogens with zero attached hydrogens (tertiary/aromatic N) is 3. The van der Waals surface area contributed by atoms with Crippen molar-refractivity contribution >= 4 is 33.7 Å². The minimum atomic E-state index is -0.379. The van der Waals surface area contributed by atoms with Crippen molar-refractivity contribution in [2.45, 2.75) is 18.9 Å². The van der Waals surface area contributed by atoms with E-state index in [-0.39, 0.29) is 24.5 Å². The third-order valence-corrected chi connectivity index (χ3v) is 4.41. The van der Waals surface area contributed by atoms with Gasteiger partial charge in [0.2, 0.25) is 5.91 Å². The average molecular weight is 382 g/mol. The van der Waals surface area contributed by atoms with Gasteiger partial charge in [-0.3, -0.25) is 15.0 Å². The zero-order valence-electron chi connectivity index (χ0n) is 12.8. The molecule has 23 heavy (non-hydrogen) atoms. The van der Waals surface area contributed by atoms with E-state index in [1.807, 2.05) is 12.1 Å². The predicted molar refractivity (Wildman–Crippen MR) is 90.3 cm³/mol. The van der Waals surface area contributed by atoms with Crippen LogP contribution in [0.25, 0.3) is 0 Å². The molecule has 1 saturated carbocycles. The van der Waals surface area contributed by atoms with Gasteiger partial charge in [-0.25, -0.2) is 9.78 Å². The fourth-order valence-electron chi connectivity index (χ4n) is 2.51. The molecule has 1 aromatic rings. The first-order valence-corrected chi connectivity index (χ1v) is 8.58. The van der Waals surface area contributed by atoms with Crippen LogP contribution in [0.3, 0.4) is 0 Å². The van der Waals surface area contributed by atoms with Gasteiger partial charge >= 0.3 is 6.03 Å². The molecule has 0 unspecified atom stereocenters. The highest BCUT2D eigenvalue weighted by Gasteiger charge is 2.25. The van der Waals surface area contributed by atoms with E-state index in [9.17, 15) is 9.59 Å². The minimum Gasteiger partial charge on any atom is -0.354 e. The van der Waals surface area contributed by atoms with Crippen molar-refractivity contribution in [3.05, 3.63) is 22.8 Å². The Morgan fingerprint density at radius 2 is 1.96 bits per heavy atom. The van der Waals surface area contributed by atoms with Crippen molar-refractivity contribution in [2.24, 2.45) is 0 Å². The average Bonchev–Trinajstić information content (AvgIpc) is 3.32. The van der Waals surface area contributed by atoms with Gasteiger partial charge in [0.15, 0.2) is 0 Å².